The zero-order valence-corrected chi connectivity index (χ0v) is 8.92. The normalized spacial score (nSPS) is 18.4. The molecule has 0 amide bonds. The van der Waals surface area contributed by atoms with Gasteiger partial charge < -0.3 is 5.11 Å². The molecule has 2 heteroatoms. The molecule has 0 aromatic rings. The van der Waals surface area contributed by atoms with Crippen LogP contribution >= 0.6 is 0 Å². The van der Waals surface area contributed by atoms with Gasteiger partial charge in [0, 0.05) is 6.42 Å². The van der Waals surface area contributed by atoms with E-state index in [1.807, 2.05) is 6.08 Å². The average molecular weight is 194 g/mol. The molecule has 1 aliphatic rings. The first-order valence-electron chi connectivity index (χ1n) is 5.28. The third kappa shape index (κ3) is 2.72. The highest BCUT2D eigenvalue weighted by molar-refractivity contribution is 5.99. The van der Waals surface area contributed by atoms with Gasteiger partial charge in [-0.1, -0.05) is 26.3 Å². The molecule has 0 saturated carbocycles. The van der Waals surface area contributed by atoms with Crippen LogP contribution < -0.4 is 0 Å². The fourth-order valence-corrected chi connectivity index (χ4v) is 1.49. The zero-order chi connectivity index (χ0) is 10.6. The summed E-state index contributed by atoms with van der Waals surface area (Å²) in [5.74, 6) is 0.649. The van der Waals surface area contributed by atoms with Gasteiger partial charge in [0.25, 0.3) is 0 Å². The first-order valence-corrected chi connectivity index (χ1v) is 5.28. The van der Waals surface area contributed by atoms with Crippen LogP contribution in [0.25, 0.3) is 0 Å². The van der Waals surface area contributed by atoms with Crippen LogP contribution in [0.1, 0.15) is 39.5 Å². The fraction of sp³-hybridized carbons (Fsp3) is 0.583. The third-order valence-corrected chi connectivity index (χ3v) is 2.66. The van der Waals surface area contributed by atoms with E-state index < -0.39 is 0 Å². The minimum Gasteiger partial charge on any atom is -0.508 e. The maximum absolute atomic E-state index is 11.7. The Bertz CT molecular complexity index is 274. The summed E-state index contributed by atoms with van der Waals surface area (Å²) in [6.45, 7) is 4.13. The van der Waals surface area contributed by atoms with Gasteiger partial charge in [0.05, 0.1) is 5.57 Å². The summed E-state index contributed by atoms with van der Waals surface area (Å²) < 4.78 is 0. The lowest BCUT2D eigenvalue weighted by Crippen LogP contribution is -2.11. The largest absolute Gasteiger partial charge is 0.508 e. The molecule has 0 radical (unpaired) electrons. The molecular weight excluding hydrogens is 176 g/mol. The number of carbonyl (C=O) groups excluding carboxylic acids is 1. The first-order chi connectivity index (χ1) is 6.65. The van der Waals surface area contributed by atoms with Crippen LogP contribution in [-0.2, 0) is 4.79 Å². The molecule has 0 saturated heterocycles. The predicted molar refractivity (Wildman–Crippen MR) is 57.1 cm³/mol. The highest BCUT2D eigenvalue weighted by Gasteiger charge is 2.17. The second-order valence-electron chi connectivity index (χ2n) is 3.93. The van der Waals surface area contributed by atoms with E-state index in [2.05, 4.69) is 13.8 Å². The SMILES string of the molecule is CCC(C)CC(=O)C1=CCCC=C1O. The summed E-state index contributed by atoms with van der Waals surface area (Å²) in [6, 6.07) is 0. The number of Topliss-reactive ketones (excluding diaryl/α,β-unsaturated/α-hetero) is 1. The Balaban J connectivity index is 2.61. The van der Waals surface area contributed by atoms with Crippen molar-refractivity contribution >= 4 is 5.78 Å². The number of rotatable bonds is 4. The maximum Gasteiger partial charge on any atom is 0.166 e. The Hall–Kier alpha value is -1.05. The minimum atomic E-state index is 0.0767. The molecule has 0 aromatic heterocycles. The van der Waals surface area contributed by atoms with Crippen molar-refractivity contribution in [1.29, 1.82) is 0 Å². The smallest absolute Gasteiger partial charge is 0.166 e. The van der Waals surface area contributed by atoms with Crippen molar-refractivity contribution in [1.82, 2.24) is 0 Å². The van der Waals surface area contributed by atoms with E-state index in [-0.39, 0.29) is 11.5 Å². The van der Waals surface area contributed by atoms with Gasteiger partial charge in [-0.25, -0.2) is 0 Å². The quantitative estimate of drug-likeness (QED) is 0.746. The lowest BCUT2D eigenvalue weighted by atomic mass is 9.94. The molecular formula is C12H18O2. The number of carbonyl (C=O) groups is 1. The molecule has 1 unspecified atom stereocenters. The first kappa shape index (κ1) is 11.0. The minimum absolute atomic E-state index is 0.0767. The number of hydrogen-bond acceptors (Lipinski definition) is 2. The summed E-state index contributed by atoms with van der Waals surface area (Å²) in [5, 5.41) is 9.50. The van der Waals surface area contributed by atoms with E-state index in [0.717, 1.165) is 19.3 Å². The molecule has 2 nitrogen and oxygen atoms in total. The van der Waals surface area contributed by atoms with Crippen LogP contribution in [0.15, 0.2) is 23.5 Å². The number of aliphatic hydroxyl groups excluding tert-OH is 1. The Kier molecular flexibility index (Phi) is 3.93. The maximum atomic E-state index is 11.7. The van der Waals surface area contributed by atoms with Crippen molar-refractivity contribution in [2.24, 2.45) is 5.92 Å². The molecule has 0 fully saturated rings. The molecule has 1 N–H and O–H groups in total. The molecule has 1 rings (SSSR count). The Labute approximate surface area is 85.3 Å². The second kappa shape index (κ2) is 4.99. The highest BCUT2D eigenvalue weighted by Crippen LogP contribution is 2.20. The molecule has 1 aliphatic carbocycles. The van der Waals surface area contributed by atoms with Crippen LogP contribution in [0.5, 0.6) is 0 Å². The molecule has 78 valence electrons. The van der Waals surface area contributed by atoms with Crippen molar-refractivity contribution in [2.75, 3.05) is 0 Å². The van der Waals surface area contributed by atoms with E-state index in [1.165, 1.54) is 0 Å². The van der Waals surface area contributed by atoms with E-state index in [4.69, 9.17) is 0 Å². The molecule has 0 aromatic carbocycles. The van der Waals surface area contributed by atoms with Gasteiger partial charge in [0.2, 0.25) is 0 Å². The number of allylic oxidation sites excluding steroid dienone is 3. The summed E-state index contributed by atoms with van der Waals surface area (Å²) in [6.07, 6.45) is 6.82. The number of ketones is 1. The number of aliphatic hydroxyl groups is 1. The van der Waals surface area contributed by atoms with Crippen molar-refractivity contribution in [3.8, 4) is 0 Å². The summed E-state index contributed by atoms with van der Waals surface area (Å²) in [7, 11) is 0. The standard InChI is InChI=1S/C12H18O2/c1-3-9(2)8-12(14)10-6-4-5-7-11(10)13/h6-7,9,13H,3-5,8H2,1-2H3. The Morgan fingerprint density at radius 2 is 2.14 bits per heavy atom. The third-order valence-electron chi connectivity index (χ3n) is 2.66. The van der Waals surface area contributed by atoms with Gasteiger partial charge >= 0.3 is 0 Å². The van der Waals surface area contributed by atoms with Crippen LogP contribution in [0.2, 0.25) is 0 Å². The van der Waals surface area contributed by atoms with Crippen LogP contribution in [0, 0.1) is 5.92 Å². The van der Waals surface area contributed by atoms with Crippen LogP contribution in [0.3, 0.4) is 0 Å². The van der Waals surface area contributed by atoms with Crippen molar-refractivity contribution < 1.29 is 9.90 Å². The second-order valence-corrected chi connectivity index (χ2v) is 3.93. The molecule has 0 bridgehead atoms. The van der Waals surface area contributed by atoms with Gasteiger partial charge in [-0.3, -0.25) is 4.79 Å². The predicted octanol–water partition coefficient (Wildman–Crippen LogP) is 3.15. The van der Waals surface area contributed by atoms with Gasteiger partial charge in [0.15, 0.2) is 5.78 Å². The monoisotopic (exact) mass is 194 g/mol. The van der Waals surface area contributed by atoms with Gasteiger partial charge in [-0.2, -0.15) is 0 Å². The summed E-state index contributed by atoms with van der Waals surface area (Å²) in [5.41, 5.74) is 0.525. The summed E-state index contributed by atoms with van der Waals surface area (Å²) >= 11 is 0. The number of hydrogen-bond donors (Lipinski definition) is 1. The molecule has 0 spiro atoms. The summed E-state index contributed by atoms with van der Waals surface area (Å²) in [4.78, 5) is 11.7. The Morgan fingerprint density at radius 3 is 2.71 bits per heavy atom. The van der Waals surface area contributed by atoms with Crippen LogP contribution in [-0.4, -0.2) is 10.9 Å². The Morgan fingerprint density at radius 1 is 1.50 bits per heavy atom. The average Bonchev–Trinajstić information content (AvgIpc) is 2.18. The van der Waals surface area contributed by atoms with Gasteiger partial charge in [-0.15, -0.1) is 0 Å². The van der Waals surface area contributed by atoms with Crippen molar-refractivity contribution in [3.05, 3.63) is 23.5 Å². The topological polar surface area (TPSA) is 37.3 Å². The lowest BCUT2D eigenvalue weighted by Gasteiger charge is -2.12. The molecule has 14 heavy (non-hydrogen) atoms. The lowest BCUT2D eigenvalue weighted by molar-refractivity contribution is -0.116. The molecule has 1 atom stereocenters. The van der Waals surface area contributed by atoms with Crippen molar-refractivity contribution in [2.45, 2.75) is 39.5 Å². The molecule has 0 aliphatic heterocycles. The zero-order valence-electron chi connectivity index (χ0n) is 8.92. The fourth-order valence-electron chi connectivity index (χ4n) is 1.49. The van der Waals surface area contributed by atoms with E-state index >= 15 is 0 Å². The van der Waals surface area contributed by atoms with E-state index in [9.17, 15) is 9.90 Å². The van der Waals surface area contributed by atoms with E-state index in [0.29, 0.717) is 17.9 Å². The van der Waals surface area contributed by atoms with Gasteiger partial charge in [0.1, 0.15) is 5.76 Å². The highest BCUT2D eigenvalue weighted by atomic mass is 16.3. The van der Waals surface area contributed by atoms with Crippen LogP contribution in [0.4, 0.5) is 0 Å². The van der Waals surface area contributed by atoms with Gasteiger partial charge in [-0.05, 0) is 24.8 Å². The molecule has 0 heterocycles. The van der Waals surface area contributed by atoms with E-state index in [1.54, 1.807) is 6.08 Å². The van der Waals surface area contributed by atoms with Crippen molar-refractivity contribution in [3.63, 3.8) is 0 Å².